The number of hydrogen-bond donors (Lipinski definition) is 4. The molecule has 0 aliphatic carbocycles. The molecular weight excluding hydrogens is 275 g/mol. The molecule has 10 nitrogen and oxygen atoms in total. The molecule has 0 aliphatic heterocycles. The Morgan fingerprint density at radius 2 is 1.53 bits per heavy atom. The lowest BCUT2D eigenvalue weighted by molar-refractivity contribution is 0.0667. The summed E-state index contributed by atoms with van der Waals surface area (Å²) in [5.74, 6) is -5.82. The second-order valence-corrected chi connectivity index (χ2v) is 3.10. The maximum Gasteiger partial charge on any atom is 0.374 e. The van der Waals surface area contributed by atoms with E-state index in [4.69, 9.17) is 15.3 Å². The fraction of sp³-hybridized carbons (Fsp3) is 0. The van der Waals surface area contributed by atoms with Crippen molar-refractivity contribution in [2.24, 2.45) is 0 Å². The van der Waals surface area contributed by atoms with Gasteiger partial charge in [-0.1, -0.05) is 0 Å². The van der Waals surface area contributed by atoms with E-state index in [0.29, 0.717) is 0 Å². The van der Waals surface area contributed by atoms with Crippen molar-refractivity contribution in [3.05, 3.63) is 17.3 Å². The van der Waals surface area contributed by atoms with Gasteiger partial charge in [-0.25, -0.2) is 29.3 Å². The van der Waals surface area contributed by atoms with E-state index >= 15 is 0 Å². The van der Waals surface area contributed by atoms with Crippen LogP contribution in [0.15, 0.2) is 0 Å². The van der Waals surface area contributed by atoms with E-state index < -0.39 is 35.3 Å². The largest absolute Gasteiger partial charge is 0.476 e. The Labute approximate surface area is 114 Å². The minimum atomic E-state index is -1.54. The fourth-order valence-electron chi connectivity index (χ4n) is 1.25. The van der Waals surface area contributed by atoms with Gasteiger partial charge in [0.05, 0.1) is 0 Å². The van der Waals surface area contributed by atoms with Gasteiger partial charge >= 0.3 is 17.9 Å². The first-order valence-corrected chi connectivity index (χ1v) is 4.37. The molecule has 4 N–H and O–H groups in total. The van der Waals surface area contributed by atoms with Gasteiger partial charge in [-0.15, -0.1) is 0 Å². The molecule has 0 unspecified atom stereocenters. The Morgan fingerprint density at radius 1 is 0.895 bits per heavy atom. The number of nitrogens with one attached hydrogen (secondary N) is 1. The van der Waals surface area contributed by atoms with Crippen molar-refractivity contribution in [2.75, 3.05) is 0 Å². The number of imidazole rings is 1. The standard InChI is InChI=1S/C8H4N4O6.Al.3H/c13-6(14)2-1-3(11-4(9-1)7(15)16)12-5(10-2)8(17)18;;;;/h(H,13,14)(H,15,16)(H,17,18)(H,9,10,11,12);;;;. The number of H-pyrrole nitrogens is 1. The summed E-state index contributed by atoms with van der Waals surface area (Å²) in [5.41, 5.74) is -1.24. The molecule has 0 amide bonds. The third-order valence-electron chi connectivity index (χ3n) is 1.95. The number of nitrogens with zero attached hydrogens (tertiary/aromatic N) is 3. The van der Waals surface area contributed by atoms with Crippen LogP contribution in [0.3, 0.4) is 0 Å². The van der Waals surface area contributed by atoms with E-state index in [1.54, 1.807) is 0 Å². The Morgan fingerprint density at radius 3 is 2.00 bits per heavy atom. The molecule has 0 radical (unpaired) electrons. The molecule has 11 heteroatoms. The summed E-state index contributed by atoms with van der Waals surface area (Å²) in [6, 6.07) is 0. The van der Waals surface area contributed by atoms with E-state index in [1.807, 2.05) is 0 Å². The minimum Gasteiger partial charge on any atom is -0.476 e. The molecule has 2 aromatic heterocycles. The van der Waals surface area contributed by atoms with Crippen LogP contribution in [-0.2, 0) is 0 Å². The first-order chi connectivity index (χ1) is 8.40. The lowest BCUT2D eigenvalue weighted by Crippen LogP contribution is -2.10. The van der Waals surface area contributed by atoms with Crippen molar-refractivity contribution in [3.63, 3.8) is 0 Å². The zero-order valence-corrected chi connectivity index (χ0v) is 8.41. The Balaban J connectivity index is 0.00000180. The van der Waals surface area contributed by atoms with Crippen LogP contribution >= 0.6 is 0 Å². The zero-order chi connectivity index (χ0) is 13.4. The SMILES string of the molecule is O=C(O)c1nc(C(=O)O)c2[nH]c(C(=O)O)nc2n1.[AlH3]. The van der Waals surface area contributed by atoms with Crippen molar-refractivity contribution < 1.29 is 29.7 Å². The monoisotopic (exact) mass is 282 g/mol. The summed E-state index contributed by atoms with van der Waals surface area (Å²) >= 11 is 0. The summed E-state index contributed by atoms with van der Waals surface area (Å²) in [4.78, 5) is 44.6. The van der Waals surface area contributed by atoms with Crippen molar-refractivity contribution in [1.29, 1.82) is 0 Å². The molecule has 0 aromatic carbocycles. The van der Waals surface area contributed by atoms with Crippen molar-refractivity contribution in [2.45, 2.75) is 0 Å². The van der Waals surface area contributed by atoms with Crippen LogP contribution in [0.5, 0.6) is 0 Å². The number of aromatic carboxylic acids is 3. The number of carboxylic acid groups (broad SMARTS) is 3. The molecular formula is C8H7AlN4O6. The average molecular weight is 282 g/mol. The third kappa shape index (κ3) is 2.51. The van der Waals surface area contributed by atoms with Crippen molar-refractivity contribution >= 4 is 46.4 Å². The normalized spacial score (nSPS) is 9.89. The van der Waals surface area contributed by atoms with Gasteiger partial charge in [-0.05, 0) is 0 Å². The van der Waals surface area contributed by atoms with E-state index in [-0.39, 0.29) is 28.5 Å². The van der Waals surface area contributed by atoms with Gasteiger partial charge in [0.2, 0.25) is 11.6 Å². The molecule has 0 atom stereocenters. The second-order valence-electron chi connectivity index (χ2n) is 3.10. The predicted octanol–water partition coefficient (Wildman–Crippen LogP) is -1.74. The van der Waals surface area contributed by atoms with E-state index in [9.17, 15) is 14.4 Å². The summed E-state index contributed by atoms with van der Waals surface area (Å²) in [7, 11) is 0. The van der Waals surface area contributed by atoms with Crippen molar-refractivity contribution in [3.8, 4) is 0 Å². The predicted molar refractivity (Wildman–Crippen MR) is 62.5 cm³/mol. The van der Waals surface area contributed by atoms with Crippen LogP contribution in [-0.4, -0.2) is 70.5 Å². The fourth-order valence-corrected chi connectivity index (χ4v) is 1.25. The van der Waals surface area contributed by atoms with Crippen LogP contribution < -0.4 is 0 Å². The number of aromatic amines is 1. The summed E-state index contributed by atoms with van der Waals surface area (Å²) < 4.78 is 0. The third-order valence-corrected chi connectivity index (χ3v) is 1.95. The van der Waals surface area contributed by atoms with Crippen molar-refractivity contribution in [1.82, 2.24) is 19.9 Å². The van der Waals surface area contributed by atoms with Crippen LogP contribution in [0.1, 0.15) is 31.7 Å². The molecule has 0 fully saturated rings. The quantitative estimate of drug-likeness (QED) is 0.478. The molecule has 2 aromatic rings. The first-order valence-electron chi connectivity index (χ1n) is 4.37. The summed E-state index contributed by atoms with van der Waals surface area (Å²) in [6.07, 6.45) is 0. The van der Waals surface area contributed by atoms with E-state index in [2.05, 4.69) is 19.9 Å². The van der Waals surface area contributed by atoms with Gasteiger partial charge in [0.25, 0.3) is 0 Å². The molecule has 2 heterocycles. The topological polar surface area (TPSA) is 166 Å². The number of carboxylic acids is 3. The highest BCUT2D eigenvalue weighted by Crippen LogP contribution is 2.14. The average Bonchev–Trinajstić information content (AvgIpc) is 2.70. The van der Waals surface area contributed by atoms with Crippen LogP contribution in [0.25, 0.3) is 11.2 Å². The van der Waals surface area contributed by atoms with Gasteiger partial charge in [-0.3, -0.25) is 0 Å². The van der Waals surface area contributed by atoms with Gasteiger partial charge < -0.3 is 20.3 Å². The lowest BCUT2D eigenvalue weighted by atomic mass is 10.3. The van der Waals surface area contributed by atoms with Gasteiger partial charge in [0.1, 0.15) is 5.52 Å². The van der Waals surface area contributed by atoms with Crippen LogP contribution in [0.2, 0.25) is 0 Å². The van der Waals surface area contributed by atoms with E-state index in [0.717, 1.165) is 0 Å². The zero-order valence-electron chi connectivity index (χ0n) is 8.41. The van der Waals surface area contributed by atoms with Gasteiger partial charge in [0.15, 0.2) is 28.7 Å². The maximum atomic E-state index is 10.9. The highest BCUT2D eigenvalue weighted by atomic mass is 27.0. The number of rotatable bonds is 3. The molecule has 0 spiro atoms. The van der Waals surface area contributed by atoms with E-state index in [1.165, 1.54) is 0 Å². The molecule has 0 bridgehead atoms. The van der Waals surface area contributed by atoms with Crippen LogP contribution in [0.4, 0.5) is 0 Å². The molecule has 0 saturated carbocycles. The minimum absolute atomic E-state index is 0. The highest BCUT2D eigenvalue weighted by Gasteiger charge is 2.21. The molecule has 0 saturated heterocycles. The smallest absolute Gasteiger partial charge is 0.374 e. The van der Waals surface area contributed by atoms with Gasteiger partial charge in [-0.2, -0.15) is 0 Å². The molecule has 19 heavy (non-hydrogen) atoms. The first kappa shape index (κ1) is 14.6. The molecule has 98 valence electrons. The number of hydrogen-bond acceptors (Lipinski definition) is 6. The maximum absolute atomic E-state index is 10.9. The Kier molecular flexibility index (Phi) is 3.84. The molecule has 2 rings (SSSR count). The number of carbonyl (C=O) groups is 3. The van der Waals surface area contributed by atoms with Crippen LogP contribution in [0, 0.1) is 0 Å². The van der Waals surface area contributed by atoms with Gasteiger partial charge in [0, 0.05) is 0 Å². The Bertz CT molecular complexity index is 696. The summed E-state index contributed by atoms with van der Waals surface area (Å²) in [6.45, 7) is 0. The highest BCUT2D eigenvalue weighted by molar-refractivity contribution is 6.01. The lowest BCUT2D eigenvalue weighted by Gasteiger charge is -1.97. The molecule has 0 aliphatic rings. The number of fused-ring (bicyclic) bond motifs is 1. The summed E-state index contributed by atoms with van der Waals surface area (Å²) in [5, 5.41) is 26.2. The number of aromatic nitrogens is 4. The second kappa shape index (κ2) is 5.01. The Hall–Kier alpha value is -2.51.